The van der Waals surface area contributed by atoms with E-state index in [0.29, 0.717) is 5.65 Å². The van der Waals surface area contributed by atoms with E-state index in [-0.39, 0.29) is 5.56 Å². The van der Waals surface area contributed by atoms with Gasteiger partial charge in [0.15, 0.2) is 5.65 Å². The minimum Gasteiger partial charge on any atom is -0.497 e. The summed E-state index contributed by atoms with van der Waals surface area (Å²) in [5, 5.41) is 9.86. The lowest BCUT2D eigenvalue weighted by molar-refractivity contribution is 0.415. The maximum Gasteiger partial charge on any atom is 0.272 e. The summed E-state index contributed by atoms with van der Waals surface area (Å²) in [5.41, 5.74) is 4.23. The van der Waals surface area contributed by atoms with Crippen LogP contribution in [0.3, 0.4) is 0 Å². The number of H-pyrrole nitrogens is 2. The topological polar surface area (TPSA) is 88.1 Å². The molecule has 4 rings (SSSR count). The predicted molar refractivity (Wildman–Crippen MR) is 98.4 cm³/mol. The lowest BCUT2D eigenvalue weighted by Crippen LogP contribution is -2.15. The maximum absolute atomic E-state index is 12.4. The first-order valence-electron chi connectivity index (χ1n) is 8.47. The van der Waals surface area contributed by atoms with Gasteiger partial charge in [0.1, 0.15) is 5.75 Å². The number of aryl methyl sites for hydroxylation is 2. The van der Waals surface area contributed by atoms with Crippen molar-refractivity contribution in [3.05, 3.63) is 70.4 Å². The highest BCUT2D eigenvalue weighted by molar-refractivity contribution is 5.65. The lowest BCUT2D eigenvalue weighted by atomic mass is 10.1. The molecular formula is C19H19N5O2. The van der Waals surface area contributed by atoms with Gasteiger partial charge in [-0.3, -0.25) is 15.0 Å². The molecule has 0 aliphatic rings. The molecule has 0 atom stereocenters. The summed E-state index contributed by atoms with van der Waals surface area (Å²) >= 11 is 0. The zero-order valence-electron chi connectivity index (χ0n) is 14.4. The molecule has 0 fully saturated rings. The molecule has 4 aromatic rings. The molecule has 0 bridgehead atoms. The highest BCUT2D eigenvalue weighted by atomic mass is 16.5. The molecule has 7 heteroatoms. The highest BCUT2D eigenvalue weighted by Gasteiger charge is 2.09. The second kappa shape index (κ2) is 6.87. The van der Waals surface area contributed by atoms with Gasteiger partial charge < -0.3 is 4.74 Å². The normalized spacial score (nSPS) is 11.1. The van der Waals surface area contributed by atoms with Crippen molar-refractivity contribution in [1.82, 2.24) is 24.8 Å². The van der Waals surface area contributed by atoms with Crippen LogP contribution in [0.4, 0.5) is 0 Å². The molecule has 3 heterocycles. The fourth-order valence-electron chi connectivity index (χ4n) is 2.99. The van der Waals surface area contributed by atoms with Gasteiger partial charge in [-0.1, -0.05) is 12.1 Å². The molecule has 26 heavy (non-hydrogen) atoms. The van der Waals surface area contributed by atoms with Crippen LogP contribution in [0.2, 0.25) is 0 Å². The SMILES string of the molecule is COc1cccc(-c2cc3nc(CCCc4cn[nH]c4)cc(=O)n3[nH]2)c1. The number of hydrogen-bond donors (Lipinski definition) is 2. The van der Waals surface area contributed by atoms with Gasteiger partial charge in [-0.2, -0.15) is 5.10 Å². The molecule has 0 aliphatic heterocycles. The van der Waals surface area contributed by atoms with Crippen LogP contribution in [0.25, 0.3) is 16.9 Å². The first-order valence-corrected chi connectivity index (χ1v) is 8.47. The quantitative estimate of drug-likeness (QED) is 0.560. The second-order valence-electron chi connectivity index (χ2n) is 6.14. The number of rotatable bonds is 6. The maximum atomic E-state index is 12.4. The van der Waals surface area contributed by atoms with Crippen LogP contribution in [-0.2, 0) is 12.8 Å². The molecule has 1 aromatic carbocycles. The van der Waals surface area contributed by atoms with Crippen molar-refractivity contribution in [3.63, 3.8) is 0 Å². The molecule has 0 radical (unpaired) electrons. The highest BCUT2D eigenvalue weighted by Crippen LogP contribution is 2.23. The van der Waals surface area contributed by atoms with Crippen LogP contribution < -0.4 is 10.3 Å². The summed E-state index contributed by atoms with van der Waals surface area (Å²) < 4.78 is 6.73. The number of benzene rings is 1. The summed E-state index contributed by atoms with van der Waals surface area (Å²) in [6.45, 7) is 0. The smallest absolute Gasteiger partial charge is 0.272 e. The molecule has 0 spiro atoms. The largest absolute Gasteiger partial charge is 0.497 e. The zero-order valence-corrected chi connectivity index (χ0v) is 14.4. The lowest BCUT2D eigenvalue weighted by Gasteiger charge is -2.01. The third-order valence-corrected chi connectivity index (χ3v) is 4.34. The summed E-state index contributed by atoms with van der Waals surface area (Å²) in [7, 11) is 1.63. The van der Waals surface area contributed by atoms with Crippen molar-refractivity contribution in [3.8, 4) is 17.0 Å². The number of aromatic amines is 2. The Balaban J connectivity index is 1.59. The minimum atomic E-state index is -0.109. The number of ether oxygens (including phenoxy) is 1. The number of aromatic nitrogens is 5. The van der Waals surface area contributed by atoms with Gasteiger partial charge in [-0.25, -0.2) is 9.50 Å². The summed E-state index contributed by atoms with van der Waals surface area (Å²) in [5.74, 6) is 0.765. The Bertz CT molecular complexity index is 1080. The van der Waals surface area contributed by atoms with Gasteiger partial charge >= 0.3 is 0 Å². The van der Waals surface area contributed by atoms with E-state index < -0.39 is 0 Å². The van der Waals surface area contributed by atoms with Crippen molar-refractivity contribution in [2.24, 2.45) is 0 Å². The van der Waals surface area contributed by atoms with E-state index in [1.165, 1.54) is 4.52 Å². The summed E-state index contributed by atoms with van der Waals surface area (Å²) in [6, 6.07) is 11.2. The third kappa shape index (κ3) is 3.23. The number of nitrogens with zero attached hydrogens (tertiary/aromatic N) is 3. The Morgan fingerprint density at radius 3 is 2.92 bits per heavy atom. The standard InChI is InChI=1S/C19H19N5O2/c1-26-16-7-3-5-14(8-16)17-10-18-22-15(9-19(25)24(18)23-17)6-2-4-13-11-20-21-12-13/h3,5,7-12,23H,2,4,6H2,1H3,(H,20,21). The first-order chi connectivity index (χ1) is 12.7. The Hall–Kier alpha value is -3.35. The van der Waals surface area contributed by atoms with Gasteiger partial charge in [-0.15, -0.1) is 0 Å². The van der Waals surface area contributed by atoms with Gasteiger partial charge in [0.05, 0.1) is 19.0 Å². The Morgan fingerprint density at radius 2 is 2.12 bits per heavy atom. The number of nitrogens with one attached hydrogen (secondary N) is 2. The molecule has 3 aromatic heterocycles. The average molecular weight is 349 g/mol. The fraction of sp³-hybridized carbons (Fsp3) is 0.211. The van der Waals surface area contributed by atoms with Crippen molar-refractivity contribution in [1.29, 1.82) is 0 Å². The molecule has 0 amide bonds. The van der Waals surface area contributed by atoms with Crippen LogP contribution in [0.5, 0.6) is 5.75 Å². The van der Waals surface area contributed by atoms with E-state index in [0.717, 1.165) is 47.5 Å². The van der Waals surface area contributed by atoms with Gasteiger partial charge in [0, 0.05) is 29.6 Å². The van der Waals surface area contributed by atoms with Gasteiger partial charge in [0.25, 0.3) is 5.56 Å². The average Bonchev–Trinajstić information content (AvgIpc) is 3.32. The predicted octanol–water partition coefficient (Wildman–Crippen LogP) is 2.60. The molecular weight excluding hydrogens is 330 g/mol. The Labute approximate surface area is 149 Å². The van der Waals surface area contributed by atoms with Crippen molar-refractivity contribution in [2.75, 3.05) is 7.11 Å². The van der Waals surface area contributed by atoms with Crippen molar-refractivity contribution < 1.29 is 4.74 Å². The molecule has 0 saturated heterocycles. The van der Waals surface area contributed by atoms with Gasteiger partial charge in [-0.05, 0) is 37.0 Å². The second-order valence-corrected chi connectivity index (χ2v) is 6.14. The van der Waals surface area contributed by atoms with Crippen LogP contribution in [0.1, 0.15) is 17.7 Å². The van der Waals surface area contributed by atoms with Crippen LogP contribution in [-0.4, -0.2) is 31.9 Å². The van der Waals surface area contributed by atoms with E-state index in [4.69, 9.17) is 4.74 Å². The van der Waals surface area contributed by atoms with E-state index >= 15 is 0 Å². The Morgan fingerprint density at radius 1 is 1.19 bits per heavy atom. The summed E-state index contributed by atoms with van der Waals surface area (Å²) in [4.78, 5) is 17.0. The molecule has 0 saturated carbocycles. The Kier molecular flexibility index (Phi) is 4.27. The summed E-state index contributed by atoms with van der Waals surface area (Å²) in [6.07, 6.45) is 6.27. The first kappa shape index (κ1) is 16.1. The monoisotopic (exact) mass is 349 g/mol. The van der Waals surface area contributed by atoms with Gasteiger partial charge in [0.2, 0.25) is 0 Å². The van der Waals surface area contributed by atoms with Crippen LogP contribution in [0, 0.1) is 0 Å². The van der Waals surface area contributed by atoms with Crippen molar-refractivity contribution in [2.45, 2.75) is 19.3 Å². The van der Waals surface area contributed by atoms with E-state index in [1.807, 2.05) is 42.7 Å². The molecule has 7 nitrogen and oxygen atoms in total. The third-order valence-electron chi connectivity index (χ3n) is 4.34. The molecule has 132 valence electrons. The van der Waals surface area contributed by atoms with E-state index in [2.05, 4.69) is 20.3 Å². The molecule has 0 unspecified atom stereocenters. The van der Waals surface area contributed by atoms with Crippen LogP contribution >= 0.6 is 0 Å². The minimum absolute atomic E-state index is 0.109. The van der Waals surface area contributed by atoms with E-state index in [9.17, 15) is 4.79 Å². The molecule has 0 aliphatic carbocycles. The van der Waals surface area contributed by atoms with Crippen LogP contribution in [0.15, 0.2) is 53.6 Å². The fourth-order valence-corrected chi connectivity index (χ4v) is 2.99. The number of methoxy groups -OCH3 is 1. The van der Waals surface area contributed by atoms with Crippen molar-refractivity contribution >= 4 is 5.65 Å². The van der Waals surface area contributed by atoms with E-state index in [1.54, 1.807) is 13.2 Å². The molecule has 2 N–H and O–H groups in total. The number of hydrogen-bond acceptors (Lipinski definition) is 4. The zero-order chi connectivity index (χ0) is 17.9. The number of fused-ring (bicyclic) bond motifs is 1.